The largest absolute Gasteiger partial charge is 0.339 e. The quantitative estimate of drug-likeness (QED) is 0.526. The fraction of sp³-hybridized carbons (Fsp3) is 0.423. The molecule has 0 N–H and O–H groups in total. The minimum Gasteiger partial charge on any atom is -0.339 e. The van der Waals surface area contributed by atoms with Gasteiger partial charge in [-0.15, -0.1) is 11.3 Å². The Labute approximate surface area is 209 Å². The lowest BCUT2D eigenvalue weighted by Crippen LogP contribution is -2.50. The van der Waals surface area contributed by atoms with Gasteiger partial charge < -0.3 is 9.80 Å². The number of piperazine rings is 1. The van der Waals surface area contributed by atoms with Crippen LogP contribution in [0.15, 0.2) is 35.1 Å². The summed E-state index contributed by atoms with van der Waals surface area (Å²) < 4.78 is 1.31. The highest BCUT2D eigenvalue weighted by Crippen LogP contribution is 2.29. The number of hydrogen-bond acceptors (Lipinski definition) is 6. The van der Waals surface area contributed by atoms with Gasteiger partial charge >= 0.3 is 0 Å². The van der Waals surface area contributed by atoms with E-state index in [9.17, 15) is 14.4 Å². The monoisotopic (exact) mass is 493 g/mol. The van der Waals surface area contributed by atoms with E-state index in [1.54, 1.807) is 18.9 Å². The lowest BCUT2D eigenvalue weighted by molar-refractivity contribution is -0.132. The minimum atomic E-state index is -0.222. The third-order valence-corrected chi connectivity index (χ3v) is 7.71. The van der Waals surface area contributed by atoms with Crippen molar-refractivity contribution < 1.29 is 9.59 Å². The average Bonchev–Trinajstić information content (AvgIpc) is 3.24. The van der Waals surface area contributed by atoms with Crippen molar-refractivity contribution in [3.05, 3.63) is 68.1 Å². The molecule has 8 nitrogen and oxygen atoms in total. The van der Waals surface area contributed by atoms with Gasteiger partial charge in [0.25, 0.3) is 11.5 Å². The molecule has 1 aromatic carbocycles. The first-order chi connectivity index (χ1) is 16.8. The van der Waals surface area contributed by atoms with E-state index in [-0.39, 0.29) is 17.4 Å². The Morgan fingerprint density at radius 2 is 1.63 bits per heavy atom. The van der Waals surface area contributed by atoms with Gasteiger partial charge in [0, 0.05) is 39.6 Å². The molecule has 1 aliphatic rings. The lowest BCUT2D eigenvalue weighted by atomic mass is 10.1. The van der Waals surface area contributed by atoms with E-state index in [1.165, 1.54) is 21.6 Å². The standard InChI is InChI=1S/C26H31N5O3S/c1-17-18(2)28-29(4)25(33)22(17)24-27-19(3)23(35-24)26(34)31-15-13-30(14-16-31)21(32)12-8-11-20-9-6-5-7-10-20/h5-7,9-10H,8,11-16H2,1-4H3. The number of aromatic nitrogens is 3. The maximum absolute atomic E-state index is 13.3. The van der Waals surface area contributed by atoms with E-state index in [1.807, 2.05) is 36.9 Å². The predicted molar refractivity (Wildman–Crippen MR) is 137 cm³/mol. The molecule has 0 atom stereocenters. The van der Waals surface area contributed by atoms with Crippen LogP contribution >= 0.6 is 11.3 Å². The fourth-order valence-electron chi connectivity index (χ4n) is 4.35. The number of carbonyl (C=O) groups excluding carboxylic acids is 2. The molecule has 9 heteroatoms. The van der Waals surface area contributed by atoms with Crippen molar-refractivity contribution in [1.29, 1.82) is 0 Å². The summed E-state index contributed by atoms with van der Waals surface area (Å²) in [6, 6.07) is 10.2. The summed E-state index contributed by atoms with van der Waals surface area (Å²) in [7, 11) is 1.62. The van der Waals surface area contributed by atoms with Crippen LogP contribution in [0.5, 0.6) is 0 Å². The molecular formula is C26H31N5O3S. The van der Waals surface area contributed by atoms with E-state index in [4.69, 9.17) is 0 Å². The molecule has 1 aliphatic heterocycles. The van der Waals surface area contributed by atoms with Crippen LogP contribution in [0.4, 0.5) is 0 Å². The molecule has 0 spiro atoms. The zero-order valence-corrected chi connectivity index (χ0v) is 21.5. The lowest BCUT2D eigenvalue weighted by Gasteiger charge is -2.34. The van der Waals surface area contributed by atoms with Gasteiger partial charge in [-0.05, 0) is 44.7 Å². The summed E-state index contributed by atoms with van der Waals surface area (Å²) in [4.78, 5) is 47.4. The SMILES string of the molecule is Cc1nc(-c2c(C)c(C)nn(C)c2=O)sc1C(=O)N1CCN(C(=O)CCCc2ccccc2)CC1. The first kappa shape index (κ1) is 24.8. The van der Waals surface area contributed by atoms with Crippen molar-refractivity contribution in [3.63, 3.8) is 0 Å². The Kier molecular flexibility index (Phi) is 7.45. The van der Waals surface area contributed by atoms with Gasteiger partial charge in [-0.1, -0.05) is 30.3 Å². The second-order valence-corrected chi connectivity index (χ2v) is 9.96. The highest BCUT2D eigenvalue weighted by Gasteiger charge is 2.28. The van der Waals surface area contributed by atoms with E-state index < -0.39 is 0 Å². The van der Waals surface area contributed by atoms with Crippen molar-refractivity contribution >= 4 is 23.2 Å². The zero-order valence-electron chi connectivity index (χ0n) is 20.7. The van der Waals surface area contributed by atoms with Gasteiger partial charge in [0.15, 0.2) is 0 Å². The Balaban J connectivity index is 1.37. The van der Waals surface area contributed by atoms with Gasteiger partial charge in [-0.25, -0.2) is 9.67 Å². The van der Waals surface area contributed by atoms with Crippen LogP contribution in [0.2, 0.25) is 0 Å². The Morgan fingerprint density at radius 1 is 0.971 bits per heavy atom. The van der Waals surface area contributed by atoms with E-state index >= 15 is 0 Å². The zero-order chi connectivity index (χ0) is 25.1. The molecule has 4 rings (SSSR count). The third-order valence-electron chi connectivity index (χ3n) is 6.55. The third kappa shape index (κ3) is 5.35. The van der Waals surface area contributed by atoms with Gasteiger partial charge in [0.05, 0.1) is 17.0 Å². The van der Waals surface area contributed by atoms with Gasteiger partial charge in [-0.3, -0.25) is 14.4 Å². The van der Waals surface area contributed by atoms with E-state index in [2.05, 4.69) is 22.2 Å². The number of thiazole rings is 1. The molecule has 0 radical (unpaired) electrons. The molecule has 2 aromatic heterocycles. The van der Waals surface area contributed by atoms with Crippen LogP contribution in [-0.2, 0) is 18.3 Å². The van der Waals surface area contributed by atoms with Crippen molar-refractivity contribution in [2.24, 2.45) is 7.05 Å². The van der Waals surface area contributed by atoms with E-state index in [0.29, 0.717) is 53.7 Å². The number of carbonyl (C=O) groups is 2. The molecule has 0 bridgehead atoms. The molecule has 0 saturated carbocycles. The number of hydrogen-bond donors (Lipinski definition) is 0. The highest BCUT2D eigenvalue weighted by atomic mass is 32.1. The molecule has 184 valence electrons. The number of rotatable bonds is 6. The number of benzene rings is 1. The topological polar surface area (TPSA) is 88.4 Å². The van der Waals surface area contributed by atoms with Crippen LogP contribution in [-0.4, -0.2) is 62.6 Å². The first-order valence-corrected chi connectivity index (χ1v) is 12.7. The molecule has 0 unspecified atom stereocenters. The normalized spacial score (nSPS) is 13.8. The Hall–Kier alpha value is -3.33. The summed E-state index contributed by atoms with van der Waals surface area (Å²) >= 11 is 1.25. The van der Waals surface area contributed by atoms with Crippen molar-refractivity contribution in [2.45, 2.75) is 40.0 Å². The summed E-state index contributed by atoms with van der Waals surface area (Å²) in [6.45, 7) is 7.55. The second-order valence-electron chi connectivity index (χ2n) is 8.96. The number of amides is 2. The maximum atomic E-state index is 13.3. The van der Waals surface area contributed by atoms with Crippen LogP contribution in [0, 0.1) is 20.8 Å². The molecular weight excluding hydrogens is 462 g/mol. The van der Waals surface area contributed by atoms with Crippen LogP contribution < -0.4 is 5.56 Å². The average molecular weight is 494 g/mol. The van der Waals surface area contributed by atoms with Gasteiger partial charge in [0.1, 0.15) is 9.88 Å². The second kappa shape index (κ2) is 10.5. The molecule has 0 aliphatic carbocycles. The van der Waals surface area contributed by atoms with Crippen molar-refractivity contribution in [1.82, 2.24) is 24.6 Å². The molecule has 35 heavy (non-hydrogen) atoms. The van der Waals surface area contributed by atoms with E-state index in [0.717, 1.165) is 24.1 Å². The first-order valence-electron chi connectivity index (χ1n) is 11.9. The molecule has 2 amide bonds. The fourth-order valence-corrected chi connectivity index (χ4v) is 5.48. The minimum absolute atomic E-state index is 0.0947. The molecule has 1 saturated heterocycles. The maximum Gasteiger partial charge on any atom is 0.277 e. The molecule has 1 fully saturated rings. The Morgan fingerprint density at radius 3 is 2.31 bits per heavy atom. The van der Waals surface area contributed by atoms with Gasteiger partial charge in [0.2, 0.25) is 5.91 Å². The summed E-state index contributed by atoms with van der Waals surface area (Å²) in [5, 5.41) is 4.77. The Bertz CT molecular complexity index is 1290. The number of nitrogens with zero attached hydrogens (tertiary/aromatic N) is 5. The summed E-state index contributed by atoms with van der Waals surface area (Å²) in [5.74, 6) is 0.0475. The van der Waals surface area contributed by atoms with Crippen LogP contribution in [0.25, 0.3) is 10.6 Å². The highest BCUT2D eigenvalue weighted by molar-refractivity contribution is 7.17. The molecule has 3 heterocycles. The number of aryl methyl sites for hydroxylation is 4. The van der Waals surface area contributed by atoms with Gasteiger partial charge in [-0.2, -0.15) is 5.10 Å². The molecule has 3 aromatic rings. The van der Waals surface area contributed by atoms with Crippen molar-refractivity contribution in [3.8, 4) is 10.6 Å². The van der Waals surface area contributed by atoms with Crippen LogP contribution in [0.1, 0.15) is 45.0 Å². The smallest absolute Gasteiger partial charge is 0.277 e. The van der Waals surface area contributed by atoms with Crippen molar-refractivity contribution in [2.75, 3.05) is 26.2 Å². The summed E-state index contributed by atoms with van der Waals surface area (Å²) in [5.41, 5.74) is 3.67. The van der Waals surface area contributed by atoms with Crippen LogP contribution in [0.3, 0.4) is 0 Å². The summed E-state index contributed by atoms with van der Waals surface area (Å²) in [6.07, 6.45) is 2.22. The predicted octanol–water partition coefficient (Wildman–Crippen LogP) is 3.14.